The van der Waals surface area contributed by atoms with Gasteiger partial charge in [-0.2, -0.15) is 5.26 Å². The van der Waals surface area contributed by atoms with Crippen LogP contribution in [0.15, 0.2) is 18.3 Å². The number of ether oxygens (including phenoxy) is 1. The third-order valence-corrected chi connectivity index (χ3v) is 1.53. The van der Waals surface area contributed by atoms with Crippen LogP contribution in [0.3, 0.4) is 0 Å². The largest absolute Gasteiger partial charge is 0.474 e. The lowest BCUT2D eigenvalue weighted by atomic mass is 10.3. The molecule has 0 amide bonds. The number of pyridine rings is 1. The average molecular weight is 177 g/mol. The zero-order valence-corrected chi connectivity index (χ0v) is 7.40. The molecule has 0 aliphatic heterocycles. The van der Waals surface area contributed by atoms with E-state index in [0.717, 1.165) is 0 Å². The molecule has 0 spiro atoms. The monoisotopic (exact) mass is 177 g/mol. The number of nitriles is 1. The number of nitrogens with two attached hydrogens (primary N) is 1. The second kappa shape index (κ2) is 4.43. The van der Waals surface area contributed by atoms with Crippen LogP contribution in [0.1, 0.15) is 12.6 Å². The maximum absolute atomic E-state index is 8.53. The second-order valence-corrected chi connectivity index (χ2v) is 2.54. The van der Waals surface area contributed by atoms with E-state index in [9.17, 15) is 0 Å². The topological polar surface area (TPSA) is 71.9 Å². The minimum atomic E-state index is -0.477. The maximum atomic E-state index is 8.53. The molecule has 1 unspecified atom stereocenters. The fourth-order valence-corrected chi connectivity index (χ4v) is 0.901. The first-order chi connectivity index (χ1) is 6.27. The Labute approximate surface area is 77.0 Å². The van der Waals surface area contributed by atoms with Crippen LogP contribution in [0.25, 0.3) is 0 Å². The highest BCUT2D eigenvalue weighted by molar-refractivity contribution is 5.27. The Morgan fingerprint density at radius 1 is 1.77 bits per heavy atom. The Bertz CT molecular complexity index is 319. The Kier molecular flexibility index (Phi) is 3.23. The molecule has 0 fully saturated rings. The third kappa shape index (κ3) is 2.42. The minimum absolute atomic E-state index is 0.314. The van der Waals surface area contributed by atoms with E-state index in [2.05, 4.69) is 4.98 Å². The Hall–Kier alpha value is -1.60. The number of rotatable bonds is 3. The summed E-state index contributed by atoms with van der Waals surface area (Å²) < 4.78 is 5.28. The zero-order chi connectivity index (χ0) is 9.68. The summed E-state index contributed by atoms with van der Waals surface area (Å²) in [6.07, 6.45) is 1.17. The van der Waals surface area contributed by atoms with Gasteiger partial charge in [-0.15, -0.1) is 0 Å². The summed E-state index contributed by atoms with van der Waals surface area (Å²) >= 11 is 0. The number of hydrogen-bond acceptors (Lipinski definition) is 4. The highest BCUT2D eigenvalue weighted by Gasteiger charge is 2.06. The molecule has 0 radical (unpaired) electrons. The van der Waals surface area contributed by atoms with Crippen molar-refractivity contribution in [2.75, 3.05) is 0 Å². The highest BCUT2D eigenvalue weighted by Crippen LogP contribution is 2.15. The van der Waals surface area contributed by atoms with Crippen LogP contribution in [0.2, 0.25) is 0 Å². The summed E-state index contributed by atoms with van der Waals surface area (Å²) in [6, 6.07) is 5.48. The van der Waals surface area contributed by atoms with Crippen LogP contribution >= 0.6 is 0 Å². The van der Waals surface area contributed by atoms with E-state index in [4.69, 9.17) is 15.7 Å². The Morgan fingerprint density at radius 2 is 2.54 bits per heavy atom. The molecule has 1 rings (SSSR count). The summed E-state index contributed by atoms with van der Waals surface area (Å²) in [5.74, 6) is 0.582. The summed E-state index contributed by atoms with van der Waals surface area (Å²) in [4.78, 5) is 4.03. The summed E-state index contributed by atoms with van der Waals surface area (Å²) in [7, 11) is 0. The van der Waals surface area contributed by atoms with Crippen molar-refractivity contribution in [2.24, 2.45) is 5.73 Å². The molecule has 1 aromatic heterocycles. The van der Waals surface area contributed by atoms with Crippen molar-refractivity contribution in [1.29, 1.82) is 5.26 Å². The SMILES string of the molecule is CC(C#N)Oc1cccnc1CN. The van der Waals surface area contributed by atoms with Crippen molar-refractivity contribution >= 4 is 0 Å². The normalized spacial score (nSPS) is 11.8. The Morgan fingerprint density at radius 3 is 3.15 bits per heavy atom. The van der Waals surface area contributed by atoms with Gasteiger partial charge in [-0.1, -0.05) is 0 Å². The standard InChI is InChI=1S/C9H11N3O/c1-7(5-10)13-9-3-2-4-12-8(9)6-11/h2-4,7H,6,11H2,1H3. The molecule has 0 aliphatic rings. The number of hydrogen-bond donors (Lipinski definition) is 1. The van der Waals surface area contributed by atoms with Gasteiger partial charge in [0.1, 0.15) is 11.8 Å². The van der Waals surface area contributed by atoms with E-state index in [1.165, 1.54) is 0 Å². The van der Waals surface area contributed by atoms with Gasteiger partial charge in [0.15, 0.2) is 6.10 Å². The van der Waals surface area contributed by atoms with Gasteiger partial charge >= 0.3 is 0 Å². The highest BCUT2D eigenvalue weighted by atomic mass is 16.5. The smallest absolute Gasteiger partial charge is 0.181 e. The average Bonchev–Trinajstić information content (AvgIpc) is 2.18. The van der Waals surface area contributed by atoms with Crippen LogP contribution < -0.4 is 10.5 Å². The first-order valence-corrected chi connectivity index (χ1v) is 3.98. The molecule has 0 aromatic carbocycles. The van der Waals surface area contributed by atoms with Gasteiger partial charge < -0.3 is 10.5 Å². The van der Waals surface area contributed by atoms with Crippen LogP contribution in [0, 0.1) is 11.3 Å². The number of aromatic nitrogens is 1. The van der Waals surface area contributed by atoms with Crippen molar-refractivity contribution in [3.63, 3.8) is 0 Å². The molecule has 4 nitrogen and oxygen atoms in total. The van der Waals surface area contributed by atoms with Crippen molar-refractivity contribution in [3.8, 4) is 11.8 Å². The molecule has 13 heavy (non-hydrogen) atoms. The molecule has 0 bridgehead atoms. The van der Waals surface area contributed by atoms with Crippen molar-refractivity contribution in [3.05, 3.63) is 24.0 Å². The molecule has 0 saturated carbocycles. The molecule has 68 valence electrons. The van der Waals surface area contributed by atoms with Gasteiger partial charge in [-0.05, 0) is 19.1 Å². The summed E-state index contributed by atoms with van der Waals surface area (Å²) in [5.41, 5.74) is 6.11. The fraction of sp³-hybridized carbons (Fsp3) is 0.333. The molecule has 0 saturated heterocycles. The van der Waals surface area contributed by atoms with E-state index in [1.807, 2.05) is 6.07 Å². The molecule has 1 atom stereocenters. The van der Waals surface area contributed by atoms with E-state index < -0.39 is 6.10 Å². The van der Waals surface area contributed by atoms with Crippen LogP contribution in [0.5, 0.6) is 5.75 Å². The fourth-order valence-electron chi connectivity index (χ4n) is 0.901. The van der Waals surface area contributed by atoms with E-state index in [0.29, 0.717) is 18.0 Å². The second-order valence-electron chi connectivity index (χ2n) is 2.54. The van der Waals surface area contributed by atoms with Gasteiger partial charge in [0, 0.05) is 12.7 Å². The van der Waals surface area contributed by atoms with Crippen molar-refractivity contribution < 1.29 is 4.74 Å². The third-order valence-electron chi connectivity index (χ3n) is 1.53. The quantitative estimate of drug-likeness (QED) is 0.742. The first-order valence-electron chi connectivity index (χ1n) is 3.98. The van der Waals surface area contributed by atoms with Crippen LogP contribution in [-0.2, 0) is 6.54 Å². The lowest BCUT2D eigenvalue weighted by Gasteiger charge is -2.09. The minimum Gasteiger partial charge on any atom is -0.474 e. The van der Waals surface area contributed by atoms with E-state index >= 15 is 0 Å². The van der Waals surface area contributed by atoms with Crippen LogP contribution in [-0.4, -0.2) is 11.1 Å². The summed E-state index contributed by atoms with van der Waals surface area (Å²) in [5, 5.41) is 8.53. The lowest BCUT2D eigenvalue weighted by Crippen LogP contribution is -2.11. The molecular formula is C9H11N3O. The van der Waals surface area contributed by atoms with Gasteiger partial charge in [-0.25, -0.2) is 0 Å². The molecule has 1 heterocycles. The Balaban J connectivity index is 2.82. The van der Waals surface area contributed by atoms with E-state index in [1.54, 1.807) is 25.3 Å². The van der Waals surface area contributed by atoms with Gasteiger partial charge in [0.05, 0.1) is 5.69 Å². The first kappa shape index (κ1) is 9.49. The van der Waals surface area contributed by atoms with Crippen molar-refractivity contribution in [1.82, 2.24) is 4.98 Å². The lowest BCUT2D eigenvalue weighted by molar-refractivity contribution is 0.272. The molecular weight excluding hydrogens is 166 g/mol. The zero-order valence-electron chi connectivity index (χ0n) is 7.40. The van der Waals surface area contributed by atoms with Gasteiger partial charge in [0.25, 0.3) is 0 Å². The predicted molar refractivity (Wildman–Crippen MR) is 47.8 cm³/mol. The maximum Gasteiger partial charge on any atom is 0.181 e. The van der Waals surface area contributed by atoms with Gasteiger partial charge in [0.2, 0.25) is 0 Å². The van der Waals surface area contributed by atoms with Crippen LogP contribution in [0.4, 0.5) is 0 Å². The molecule has 1 aromatic rings. The molecule has 4 heteroatoms. The predicted octanol–water partition coefficient (Wildman–Crippen LogP) is 0.831. The summed E-state index contributed by atoms with van der Waals surface area (Å²) in [6.45, 7) is 1.99. The van der Waals surface area contributed by atoms with Gasteiger partial charge in [-0.3, -0.25) is 4.98 Å². The van der Waals surface area contributed by atoms with Crippen molar-refractivity contribution in [2.45, 2.75) is 19.6 Å². The van der Waals surface area contributed by atoms with E-state index in [-0.39, 0.29) is 0 Å². The number of nitrogens with zero attached hydrogens (tertiary/aromatic N) is 2. The molecule has 2 N–H and O–H groups in total. The molecule has 0 aliphatic carbocycles.